The van der Waals surface area contributed by atoms with Gasteiger partial charge in [-0.05, 0) is 33.6 Å². The van der Waals surface area contributed by atoms with Crippen molar-refractivity contribution in [3.63, 3.8) is 0 Å². The van der Waals surface area contributed by atoms with Gasteiger partial charge in [0.2, 0.25) is 5.91 Å². The smallest absolute Gasteiger partial charge is 0.326 e. The molecule has 2 aromatic heterocycles. The minimum atomic E-state index is -0.972. The second-order valence-corrected chi connectivity index (χ2v) is 7.93. The average molecular weight is 402 g/mol. The number of carbonyl (C=O) groups excluding carboxylic acids is 2. The van der Waals surface area contributed by atoms with Crippen molar-refractivity contribution in [2.24, 2.45) is 0 Å². The van der Waals surface area contributed by atoms with Crippen LogP contribution in [0, 0.1) is 6.92 Å². The lowest BCUT2D eigenvalue weighted by Crippen LogP contribution is -2.53. The van der Waals surface area contributed by atoms with E-state index in [2.05, 4.69) is 20.7 Å². The molecule has 0 aromatic carbocycles. The lowest BCUT2D eigenvalue weighted by Gasteiger charge is -2.28. The van der Waals surface area contributed by atoms with Crippen molar-refractivity contribution in [1.82, 2.24) is 30.1 Å². The van der Waals surface area contributed by atoms with Gasteiger partial charge in [-0.15, -0.1) is 0 Å². The number of carbonyl (C=O) groups is 3. The van der Waals surface area contributed by atoms with E-state index in [0.29, 0.717) is 30.6 Å². The van der Waals surface area contributed by atoms with Gasteiger partial charge in [0.1, 0.15) is 6.04 Å². The molecule has 29 heavy (non-hydrogen) atoms. The number of carboxylic acids is 1. The number of aliphatic carboxylic acids is 1. The molecule has 10 heteroatoms. The summed E-state index contributed by atoms with van der Waals surface area (Å²) in [6.07, 6.45) is 4.29. The molecule has 10 nitrogen and oxygen atoms in total. The monoisotopic (exact) mass is 402 g/mol. The van der Waals surface area contributed by atoms with E-state index in [9.17, 15) is 19.5 Å². The van der Waals surface area contributed by atoms with E-state index >= 15 is 0 Å². The minimum absolute atomic E-state index is 0.00668. The first kappa shape index (κ1) is 20.7. The number of nitrogens with one attached hydrogen (secondary N) is 2. The summed E-state index contributed by atoms with van der Waals surface area (Å²) in [7, 11) is 0. The van der Waals surface area contributed by atoms with Gasteiger partial charge in [0, 0.05) is 37.1 Å². The summed E-state index contributed by atoms with van der Waals surface area (Å²) in [6.45, 7) is 6.31. The Bertz CT molecular complexity index is 938. The number of hydrogen-bond acceptors (Lipinski definition) is 6. The van der Waals surface area contributed by atoms with Crippen molar-refractivity contribution in [2.75, 3.05) is 19.6 Å². The normalized spacial score (nSPS) is 16.9. The molecule has 3 N–H and O–H groups in total. The maximum absolute atomic E-state index is 12.4. The van der Waals surface area contributed by atoms with Crippen LogP contribution < -0.4 is 10.6 Å². The summed E-state index contributed by atoms with van der Waals surface area (Å²) < 4.78 is 1.56. The number of aryl methyl sites for hydroxylation is 1. The maximum atomic E-state index is 12.4. The van der Waals surface area contributed by atoms with Crippen LogP contribution in [0.5, 0.6) is 0 Å². The Morgan fingerprint density at radius 2 is 2.10 bits per heavy atom. The first-order valence-corrected chi connectivity index (χ1v) is 9.54. The third kappa shape index (κ3) is 4.89. The molecule has 0 radical (unpaired) electrons. The van der Waals surface area contributed by atoms with Crippen molar-refractivity contribution in [2.45, 2.75) is 45.2 Å². The van der Waals surface area contributed by atoms with Crippen LogP contribution in [0.1, 0.15) is 42.7 Å². The number of amides is 2. The van der Waals surface area contributed by atoms with Crippen LogP contribution in [-0.2, 0) is 9.59 Å². The molecule has 0 aliphatic carbocycles. The van der Waals surface area contributed by atoms with E-state index in [1.165, 1.54) is 11.1 Å². The standard InChI is InChI=1S/C19H26N6O4/c1-12-7-15-20-8-13(10-25(15)23-12)17(27)21-11-19(2,3)22-9-16(26)24-6-4-5-14(24)18(28)29/h7-8,10,14,22H,4-6,9,11H2,1-3H3,(H,21,27)(H,28,29)/t14-/m0/s1. The van der Waals surface area contributed by atoms with Crippen LogP contribution in [0.15, 0.2) is 18.5 Å². The quantitative estimate of drug-likeness (QED) is 0.604. The van der Waals surface area contributed by atoms with Crippen molar-refractivity contribution in [3.05, 3.63) is 29.7 Å². The molecular formula is C19H26N6O4. The third-order valence-corrected chi connectivity index (χ3v) is 4.96. The number of nitrogens with zero attached hydrogens (tertiary/aromatic N) is 4. The van der Waals surface area contributed by atoms with E-state index in [1.807, 2.05) is 26.8 Å². The first-order chi connectivity index (χ1) is 13.7. The molecule has 3 heterocycles. The van der Waals surface area contributed by atoms with Crippen LogP contribution in [0.2, 0.25) is 0 Å². The van der Waals surface area contributed by atoms with Crippen LogP contribution in [0.25, 0.3) is 5.65 Å². The topological polar surface area (TPSA) is 129 Å². The molecule has 0 bridgehead atoms. The summed E-state index contributed by atoms with van der Waals surface area (Å²) in [5, 5.41) is 19.4. The number of hydrogen-bond donors (Lipinski definition) is 3. The van der Waals surface area contributed by atoms with E-state index in [0.717, 1.165) is 5.69 Å². The highest BCUT2D eigenvalue weighted by atomic mass is 16.4. The lowest BCUT2D eigenvalue weighted by molar-refractivity contribution is -0.147. The average Bonchev–Trinajstić information content (AvgIpc) is 3.29. The third-order valence-electron chi connectivity index (χ3n) is 4.96. The Morgan fingerprint density at radius 3 is 2.83 bits per heavy atom. The SMILES string of the molecule is Cc1cc2ncc(C(=O)NCC(C)(C)NCC(=O)N3CCC[C@H]3C(=O)O)cn2n1. The maximum Gasteiger partial charge on any atom is 0.326 e. The van der Waals surface area contributed by atoms with Crippen LogP contribution in [-0.4, -0.2) is 73.6 Å². The van der Waals surface area contributed by atoms with Gasteiger partial charge in [0.25, 0.3) is 5.91 Å². The van der Waals surface area contributed by atoms with E-state index in [4.69, 9.17) is 0 Å². The fourth-order valence-corrected chi connectivity index (χ4v) is 3.32. The van der Waals surface area contributed by atoms with E-state index in [-0.39, 0.29) is 24.9 Å². The number of likely N-dealkylation sites (tertiary alicyclic amines) is 1. The van der Waals surface area contributed by atoms with Gasteiger partial charge in [-0.25, -0.2) is 14.3 Å². The molecule has 0 saturated carbocycles. The largest absolute Gasteiger partial charge is 0.480 e. The predicted molar refractivity (Wildman–Crippen MR) is 105 cm³/mol. The highest BCUT2D eigenvalue weighted by Crippen LogP contribution is 2.17. The molecule has 0 unspecified atom stereocenters. The number of aromatic nitrogens is 3. The molecule has 1 aliphatic heterocycles. The molecule has 1 atom stereocenters. The van der Waals surface area contributed by atoms with Gasteiger partial charge >= 0.3 is 5.97 Å². The summed E-state index contributed by atoms with van der Waals surface area (Å²) >= 11 is 0. The Labute approximate surface area is 168 Å². The Morgan fingerprint density at radius 1 is 1.34 bits per heavy atom. The zero-order valence-electron chi connectivity index (χ0n) is 16.8. The van der Waals surface area contributed by atoms with Crippen LogP contribution >= 0.6 is 0 Å². The Hall–Kier alpha value is -3.01. The molecular weight excluding hydrogens is 376 g/mol. The van der Waals surface area contributed by atoms with Crippen LogP contribution in [0.4, 0.5) is 0 Å². The van der Waals surface area contributed by atoms with Crippen molar-refractivity contribution < 1.29 is 19.5 Å². The van der Waals surface area contributed by atoms with Crippen molar-refractivity contribution >= 4 is 23.4 Å². The van der Waals surface area contributed by atoms with Gasteiger partial charge < -0.3 is 20.6 Å². The minimum Gasteiger partial charge on any atom is -0.480 e. The highest BCUT2D eigenvalue weighted by molar-refractivity contribution is 5.93. The Kier molecular flexibility index (Phi) is 5.83. The second kappa shape index (κ2) is 8.16. The van der Waals surface area contributed by atoms with Crippen molar-refractivity contribution in [1.29, 1.82) is 0 Å². The molecule has 0 spiro atoms. The van der Waals surface area contributed by atoms with E-state index < -0.39 is 17.6 Å². The van der Waals surface area contributed by atoms with E-state index in [1.54, 1.807) is 10.7 Å². The second-order valence-electron chi connectivity index (χ2n) is 7.93. The molecule has 2 amide bonds. The van der Waals surface area contributed by atoms with Gasteiger partial charge in [0.15, 0.2) is 5.65 Å². The van der Waals surface area contributed by atoms with Gasteiger partial charge in [-0.1, -0.05) is 0 Å². The fraction of sp³-hybridized carbons (Fsp3) is 0.526. The van der Waals surface area contributed by atoms with Crippen LogP contribution in [0.3, 0.4) is 0 Å². The summed E-state index contributed by atoms with van der Waals surface area (Å²) in [4.78, 5) is 41.7. The Balaban J connectivity index is 1.52. The van der Waals surface area contributed by atoms with Gasteiger partial charge in [-0.3, -0.25) is 9.59 Å². The first-order valence-electron chi connectivity index (χ1n) is 9.54. The molecule has 1 aliphatic rings. The van der Waals surface area contributed by atoms with Crippen molar-refractivity contribution in [3.8, 4) is 0 Å². The highest BCUT2D eigenvalue weighted by Gasteiger charge is 2.34. The lowest BCUT2D eigenvalue weighted by atomic mass is 10.1. The number of rotatable bonds is 7. The molecule has 1 fully saturated rings. The summed E-state index contributed by atoms with van der Waals surface area (Å²) in [5.41, 5.74) is 1.30. The fourth-order valence-electron chi connectivity index (χ4n) is 3.32. The molecule has 3 rings (SSSR count). The van der Waals surface area contributed by atoms with Gasteiger partial charge in [-0.2, -0.15) is 5.10 Å². The zero-order chi connectivity index (χ0) is 21.2. The summed E-state index contributed by atoms with van der Waals surface area (Å²) in [6, 6.07) is 1.07. The molecule has 156 valence electrons. The molecule has 1 saturated heterocycles. The zero-order valence-corrected chi connectivity index (χ0v) is 16.8. The molecule has 2 aromatic rings. The number of fused-ring (bicyclic) bond motifs is 1. The van der Waals surface area contributed by atoms with Gasteiger partial charge in [0.05, 0.1) is 17.8 Å². The summed E-state index contributed by atoms with van der Waals surface area (Å²) in [5.74, 6) is -1.52. The predicted octanol–water partition coefficient (Wildman–Crippen LogP) is 0.211. The number of carboxylic acid groups (broad SMARTS) is 1.